The summed E-state index contributed by atoms with van der Waals surface area (Å²) in [4.78, 5) is 40.6. The topological polar surface area (TPSA) is 64.3 Å². The summed E-state index contributed by atoms with van der Waals surface area (Å²) in [5.41, 5.74) is 1.78. The summed E-state index contributed by atoms with van der Waals surface area (Å²) in [7, 11) is 0. The van der Waals surface area contributed by atoms with Gasteiger partial charge in [0.25, 0.3) is 5.56 Å². The van der Waals surface area contributed by atoms with E-state index in [2.05, 4.69) is 0 Å². The maximum Gasteiger partial charge on any atom is 0.331 e. The number of rotatable bonds is 3. The molecule has 0 bridgehead atoms. The summed E-state index contributed by atoms with van der Waals surface area (Å²) in [5.74, 6) is -0.145. The number of hydrogen-bond donors (Lipinski definition) is 0. The molecule has 0 radical (unpaired) electrons. The van der Waals surface area contributed by atoms with Gasteiger partial charge in [-0.25, -0.2) is 4.79 Å². The van der Waals surface area contributed by atoms with E-state index in [1.54, 1.807) is 36.1 Å². The molecule has 0 spiro atoms. The Balaban J connectivity index is 1.82. The first-order chi connectivity index (χ1) is 13.5. The molecular formula is C22H23N3O3. The summed E-state index contributed by atoms with van der Waals surface area (Å²) in [6.45, 7) is 3.95. The van der Waals surface area contributed by atoms with Crippen LogP contribution in [0.5, 0.6) is 0 Å². The van der Waals surface area contributed by atoms with Crippen molar-refractivity contribution in [2.45, 2.75) is 45.8 Å². The molecule has 0 saturated carbocycles. The van der Waals surface area contributed by atoms with Gasteiger partial charge in [-0.2, -0.15) is 0 Å². The fourth-order valence-electron chi connectivity index (χ4n) is 4.08. The molecule has 0 unspecified atom stereocenters. The number of hydrogen-bond acceptors (Lipinski definition) is 3. The van der Waals surface area contributed by atoms with Crippen molar-refractivity contribution < 1.29 is 4.79 Å². The minimum Gasteiger partial charge on any atom is -0.308 e. The van der Waals surface area contributed by atoms with Crippen LogP contribution in [0.15, 0.2) is 58.1 Å². The molecule has 0 fully saturated rings. The van der Waals surface area contributed by atoms with Crippen LogP contribution in [-0.4, -0.2) is 21.1 Å². The minimum absolute atomic E-state index is 0.0569. The lowest BCUT2D eigenvalue weighted by molar-refractivity contribution is -0.119. The Morgan fingerprint density at radius 3 is 2.54 bits per heavy atom. The number of para-hydroxylation sites is 2. The standard InChI is InChI=1S/C22H23N3O3/c1-3-23-21(27)17-9-5-7-11-19(17)24(22(23)28)14-20(26)25-15(2)12-13-16-8-4-6-10-18(16)25/h4-11,15H,3,12-14H2,1-2H3/t15-/m0/s1. The third-order valence-corrected chi connectivity index (χ3v) is 5.53. The zero-order valence-corrected chi connectivity index (χ0v) is 16.1. The second-order valence-corrected chi connectivity index (χ2v) is 7.22. The number of aryl methyl sites for hydroxylation is 1. The van der Waals surface area contributed by atoms with Gasteiger partial charge in [-0.15, -0.1) is 0 Å². The summed E-state index contributed by atoms with van der Waals surface area (Å²) < 4.78 is 2.61. The van der Waals surface area contributed by atoms with E-state index in [-0.39, 0.29) is 30.6 Å². The number of carbonyl (C=O) groups is 1. The molecule has 2 aromatic carbocycles. The van der Waals surface area contributed by atoms with Gasteiger partial charge >= 0.3 is 5.69 Å². The molecule has 2 heterocycles. The van der Waals surface area contributed by atoms with Gasteiger partial charge in [0.1, 0.15) is 6.54 Å². The van der Waals surface area contributed by atoms with Crippen LogP contribution < -0.4 is 16.1 Å². The van der Waals surface area contributed by atoms with Crippen LogP contribution in [0.1, 0.15) is 25.8 Å². The number of aromatic nitrogens is 2. The average Bonchev–Trinajstić information content (AvgIpc) is 2.71. The van der Waals surface area contributed by atoms with Crippen LogP contribution in [0.25, 0.3) is 10.9 Å². The first-order valence-electron chi connectivity index (χ1n) is 9.65. The van der Waals surface area contributed by atoms with Crippen molar-refractivity contribution in [1.29, 1.82) is 0 Å². The van der Waals surface area contributed by atoms with E-state index >= 15 is 0 Å². The van der Waals surface area contributed by atoms with Gasteiger partial charge < -0.3 is 4.90 Å². The Kier molecular flexibility index (Phi) is 4.63. The van der Waals surface area contributed by atoms with Crippen molar-refractivity contribution in [2.24, 2.45) is 0 Å². The van der Waals surface area contributed by atoms with E-state index < -0.39 is 5.69 Å². The second-order valence-electron chi connectivity index (χ2n) is 7.22. The molecule has 144 valence electrons. The normalized spacial score (nSPS) is 16.2. The largest absolute Gasteiger partial charge is 0.331 e. The monoisotopic (exact) mass is 377 g/mol. The van der Waals surface area contributed by atoms with E-state index in [0.29, 0.717) is 10.9 Å². The van der Waals surface area contributed by atoms with Gasteiger partial charge in [0.05, 0.1) is 10.9 Å². The fourth-order valence-corrected chi connectivity index (χ4v) is 4.08. The molecule has 0 aliphatic carbocycles. The highest BCUT2D eigenvalue weighted by molar-refractivity contribution is 5.95. The van der Waals surface area contributed by atoms with Gasteiger partial charge in [0.15, 0.2) is 0 Å². The fraction of sp³-hybridized carbons (Fsp3) is 0.318. The number of nitrogens with zero attached hydrogens (tertiary/aromatic N) is 3. The molecule has 1 amide bonds. The molecule has 28 heavy (non-hydrogen) atoms. The van der Waals surface area contributed by atoms with E-state index in [1.165, 1.54) is 9.13 Å². The molecule has 3 aromatic rings. The summed E-state index contributed by atoms with van der Waals surface area (Å²) >= 11 is 0. The Labute approximate surface area is 162 Å². The lowest BCUT2D eigenvalue weighted by atomic mass is 9.96. The number of carbonyl (C=O) groups excluding carboxylic acids is 1. The Bertz CT molecular complexity index is 1180. The molecule has 0 N–H and O–H groups in total. The Morgan fingerprint density at radius 2 is 1.75 bits per heavy atom. The van der Waals surface area contributed by atoms with Crippen LogP contribution in [0.2, 0.25) is 0 Å². The molecule has 1 aliphatic rings. The summed E-state index contributed by atoms with van der Waals surface area (Å²) in [5, 5.41) is 0.448. The molecule has 1 aromatic heterocycles. The first kappa shape index (κ1) is 18.2. The third-order valence-electron chi connectivity index (χ3n) is 5.53. The van der Waals surface area contributed by atoms with Crippen LogP contribution in [0, 0.1) is 0 Å². The van der Waals surface area contributed by atoms with Crippen molar-refractivity contribution in [1.82, 2.24) is 9.13 Å². The number of amides is 1. The number of anilines is 1. The highest BCUT2D eigenvalue weighted by Crippen LogP contribution is 2.30. The zero-order chi connectivity index (χ0) is 19.8. The highest BCUT2D eigenvalue weighted by atomic mass is 16.2. The number of benzene rings is 2. The molecule has 1 aliphatic heterocycles. The third kappa shape index (κ3) is 2.85. The lowest BCUT2D eigenvalue weighted by Gasteiger charge is -2.35. The van der Waals surface area contributed by atoms with Gasteiger partial charge in [0, 0.05) is 18.3 Å². The van der Waals surface area contributed by atoms with Crippen LogP contribution in [0.3, 0.4) is 0 Å². The molecular weight excluding hydrogens is 354 g/mol. The van der Waals surface area contributed by atoms with E-state index in [9.17, 15) is 14.4 Å². The smallest absolute Gasteiger partial charge is 0.308 e. The predicted molar refractivity (Wildman–Crippen MR) is 110 cm³/mol. The molecule has 6 heteroatoms. The van der Waals surface area contributed by atoms with Crippen molar-refractivity contribution in [3.63, 3.8) is 0 Å². The molecule has 4 rings (SSSR count). The first-order valence-corrected chi connectivity index (χ1v) is 9.65. The molecule has 1 atom stereocenters. The Morgan fingerprint density at radius 1 is 1.04 bits per heavy atom. The van der Waals surface area contributed by atoms with Gasteiger partial charge in [0.2, 0.25) is 5.91 Å². The van der Waals surface area contributed by atoms with Crippen molar-refractivity contribution in [2.75, 3.05) is 4.90 Å². The zero-order valence-electron chi connectivity index (χ0n) is 16.1. The second kappa shape index (κ2) is 7.11. The van der Waals surface area contributed by atoms with Crippen molar-refractivity contribution in [3.8, 4) is 0 Å². The van der Waals surface area contributed by atoms with E-state index in [4.69, 9.17) is 0 Å². The quantitative estimate of drug-likeness (QED) is 0.705. The highest BCUT2D eigenvalue weighted by Gasteiger charge is 2.28. The molecule has 6 nitrogen and oxygen atoms in total. The number of fused-ring (bicyclic) bond motifs is 2. The van der Waals surface area contributed by atoms with Gasteiger partial charge in [-0.3, -0.25) is 18.7 Å². The predicted octanol–water partition coefficient (Wildman–Crippen LogP) is 2.55. The van der Waals surface area contributed by atoms with Gasteiger partial charge in [-0.05, 0) is 50.5 Å². The van der Waals surface area contributed by atoms with Crippen molar-refractivity contribution >= 4 is 22.5 Å². The van der Waals surface area contributed by atoms with Crippen LogP contribution >= 0.6 is 0 Å². The van der Waals surface area contributed by atoms with Crippen LogP contribution in [0.4, 0.5) is 5.69 Å². The van der Waals surface area contributed by atoms with E-state index in [0.717, 1.165) is 24.1 Å². The SMILES string of the molecule is CCn1c(=O)c2ccccc2n(CC(=O)N2c3ccccc3CC[C@@H]2C)c1=O. The van der Waals surface area contributed by atoms with E-state index in [1.807, 2.05) is 31.2 Å². The maximum atomic E-state index is 13.3. The average molecular weight is 377 g/mol. The lowest BCUT2D eigenvalue weighted by Crippen LogP contribution is -2.47. The minimum atomic E-state index is -0.447. The Hall–Kier alpha value is -3.15. The molecule has 0 saturated heterocycles. The van der Waals surface area contributed by atoms with Crippen molar-refractivity contribution in [3.05, 3.63) is 74.9 Å². The summed E-state index contributed by atoms with van der Waals surface area (Å²) in [6.07, 6.45) is 1.82. The van der Waals surface area contributed by atoms with Crippen LogP contribution in [-0.2, 0) is 24.3 Å². The maximum absolute atomic E-state index is 13.3. The summed E-state index contributed by atoms with van der Waals surface area (Å²) in [6, 6.07) is 14.9. The van der Waals surface area contributed by atoms with Gasteiger partial charge in [-0.1, -0.05) is 30.3 Å².